The third-order valence-corrected chi connectivity index (χ3v) is 6.47. The third-order valence-electron chi connectivity index (χ3n) is 6.47. The number of rotatable bonds is 8. The smallest absolute Gasteiger partial charge is 0.294 e. The first-order chi connectivity index (χ1) is 17.6. The average Bonchev–Trinajstić information content (AvgIpc) is 3.62. The Hall–Kier alpha value is -3.94. The van der Waals surface area contributed by atoms with Crippen molar-refractivity contribution < 1.29 is 28.2 Å². The lowest BCUT2D eigenvalue weighted by molar-refractivity contribution is -0.123. The Kier molecular flexibility index (Phi) is 7.11. The second kappa shape index (κ2) is 10.8. The molecule has 0 bridgehead atoms. The van der Waals surface area contributed by atoms with E-state index in [0.717, 1.165) is 25.7 Å². The van der Waals surface area contributed by atoms with E-state index in [0.29, 0.717) is 48.3 Å². The first-order valence-corrected chi connectivity index (χ1v) is 12.4. The summed E-state index contributed by atoms with van der Waals surface area (Å²) in [5, 5.41) is 3.18. The van der Waals surface area contributed by atoms with Crippen molar-refractivity contribution in [2.75, 3.05) is 24.7 Å². The lowest BCUT2D eigenvalue weighted by Crippen LogP contribution is -2.46. The van der Waals surface area contributed by atoms with Crippen LogP contribution >= 0.6 is 0 Å². The van der Waals surface area contributed by atoms with Crippen LogP contribution in [-0.4, -0.2) is 37.7 Å². The van der Waals surface area contributed by atoms with Crippen molar-refractivity contribution in [2.45, 2.75) is 44.7 Å². The Bertz CT molecular complexity index is 1190. The van der Waals surface area contributed by atoms with Gasteiger partial charge in [-0.05, 0) is 61.7 Å². The number of carbonyl (C=O) groups is 2. The second-order valence-electron chi connectivity index (χ2n) is 8.87. The van der Waals surface area contributed by atoms with Crippen LogP contribution in [0.15, 0.2) is 65.3 Å². The summed E-state index contributed by atoms with van der Waals surface area (Å²) in [6.45, 7) is 3.32. The average molecular weight is 491 g/mol. The number of furan rings is 1. The largest absolute Gasteiger partial charge is 0.494 e. The summed E-state index contributed by atoms with van der Waals surface area (Å²) < 4.78 is 22.5. The van der Waals surface area contributed by atoms with Crippen molar-refractivity contribution in [1.82, 2.24) is 5.32 Å². The Morgan fingerprint density at radius 1 is 1.03 bits per heavy atom. The molecule has 2 amide bonds. The lowest BCUT2D eigenvalue weighted by Gasteiger charge is -2.32. The second-order valence-corrected chi connectivity index (χ2v) is 8.87. The molecular formula is C28H30N2O6. The van der Waals surface area contributed by atoms with Crippen LogP contribution in [0.25, 0.3) is 0 Å². The van der Waals surface area contributed by atoms with Gasteiger partial charge in [-0.1, -0.05) is 25.0 Å². The number of nitrogens with one attached hydrogen (secondary N) is 1. The molecule has 2 aromatic carbocycles. The maximum absolute atomic E-state index is 13.9. The van der Waals surface area contributed by atoms with E-state index < -0.39 is 11.9 Å². The fourth-order valence-corrected chi connectivity index (χ4v) is 4.77. The van der Waals surface area contributed by atoms with Gasteiger partial charge < -0.3 is 23.9 Å². The number of benzene rings is 2. The molecule has 0 saturated heterocycles. The fraction of sp³-hybridized carbons (Fsp3) is 0.357. The van der Waals surface area contributed by atoms with Crippen LogP contribution in [0.5, 0.6) is 17.2 Å². The van der Waals surface area contributed by atoms with Gasteiger partial charge in [-0.15, -0.1) is 0 Å². The summed E-state index contributed by atoms with van der Waals surface area (Å²) in [6.07, 6.45) is 5.46. The van der Waals surface area contributed by atoms with E-state index in [1.165, 1.54) is 11.2 Å². The van der Waals surface area contributed by atoms with Gasteiger partial charge in [-0.25, -0.2) is 0 Å². The van der Waals surface area contributed by atoms with Gasteiger partial charge in [0.05, 0.1) is 12.9 Å². The zero-order valence-electron chi connectivity index (χ0n) is 20.3. The number of carbonyl (C=O) groups excluding carboxylic acids is 2. The number of nitrogens with zero attached hydrogens (tertiary/aromatic N) is 1. The SMILES string of the molecule is CCOc1ccc([C@@H](C(=O)NC2CCCC2)N(C(=O)c2ccco2)c2ccc3c(c2)OCCO3)cc1. The highest BCUT2D eigenvalue weighted by atomic mass is 16.6. The standard InChI is InChI=1S/C28H30N2O6/c1-2-33-22-12-9-19(10-13-22)26(27(31)29-20-6-3-4-7-20)30(28(32)24-8-5-15-34-24)21-11-14-23-25(18-21)36-17-16-35-23/h5,8-15,18,20,26H,2-4,6-7,16-17H2,1H3,(H,29,31)/t26-/m0/s1. The minimum atomic E-state index is -0.943. The molecule has 1 saturated carbocycles. The molecule has 1 atom stereocenters. The Labute approximate surface area is 210 Å². The van der Waals surface area contributed by atoms with Crippen molar-refractivity contribution in [3.8, 4) is 17.2 Å². The van der Waals surface area contributed by atoms with Gasteiger partial charge in [-0.2, -0.15) is 0 Å². The molecule has 1 aliphatic heterocycles. The highest BCUT2D eigenvalue weighted by molar-refractivity contribution is 6.08. The van der Waals surface area contributed by atoms with E-state index in [-0.39, 0.29) is 17.7 Å². The summed E-state index contributed by atoms with van der Waals surface area (Å²) in [7, 11) is 0. The van der Waals surface area contributed by atoms with Gasteiger partial charge in [0, 0.05) is 17.8 Å². The van der Waals surface area contributed by atoms with Crippen LogP contribution in [0.3, 0.4) is 0 Å². The quantitative estimate of drug-likeness (QED) is 0.483. The van der Waals surface area contributed by atoms with E-state index in [9.17, 15) is 9.59 Å². The molecule has 2 heterocycles. The number of hydrogen-bond donors (Lipinski definition) is 1. The molecule has 0 unspecified atom stereocenters. The van der Waals surface area contributed by atoms with Crippen molar-refractivity contribution in [2.24, 2.45) is 0 Å². The monoisotopic (exact) mass is 490 g/mol. The molecule has 1 aromatic heterocycles. The topological polar surface area (TPSA) is 90.2 Å². The minimum absolute atomic E-state index is 0.0866. The highest BCUT2D eigenvalue weighted by Gasteiger charge is 2.36. The van der Waals surface area contributed by atoms with Crippen LogP contribution in [0.1, 0.15) is 54.8 Å². The molecule has 3 aromatic rings. The van der Waals surface area contributed by atoms with Gasteiger partial charge in [0.25, 0.3) is 5.91 Å². The third kappa shape index (κ3) is 5.03. The summed E-state index contributed by atoms with van der Waals surface area (Å²) in [5.74, 6) is 1.27. The molecule has 8 nitrogen and oxygen atoms in total. The number of ether oxygens (including phenoxy) is 3. The predicted molar refractivity (Wildman–Crippen MR) is 134 cm³/mol. The van der Waals surface area contributed by atoms with Gasteiger partial charge in [-0.3, -0.25) is 14.5 Å². The van der Waals surface area contributed by atoms with Crippen LogP contribution in [0, 0.1) is 0 Å². The fourth-order valence-electron chi connectivity index (χ4n) is 4.77. The van der Waals surface area contributed by atoms with Crippen molar-refractivity contribution >= 4 is 17.5 Å². The molecule has 36 heavy (non-hydrogen) atoms. The number of amides is 2. The van der Waals surface area contributed by atoms with E-state index in [1.807, 2.05) is 31.2 Å². The first kappa shape index (κ1) is 23.8. The number of fused-ring (bicyclic) bond motifs is 1. The first-order valence-electron chi connectivity index (χ1n) is 12.4. The molecule has 0 spiro atoms. The maximum atomic E-state index is 13.9. The van der Waals surface area contributed by atoms with Gasteiger partial charge in [0.2, 0.25) is 5.91 Å². The summed E-state index contributed by atoms with van der Waals surface area (Å²) in [6, 6.07) is 14.9. The normalized spacial score (nSPS) is 15.8. The van der Waals surface area contributed by atoms with Crippen molar-refractivity contribution in [3.63, 3.8) is 0 Å². The lowest BCUT2D eigenvalue weighted by atomic mass is 10.0. The molecule has 1 aliphatic carbocycles. The Morgan fingerprint density at radius 3 is 2.47 bits per heavy atom. The summed E-state index contributed by atoms with van der Waals surface area (Å²) in [5.41, 5.74) is 1.16. The molecule has 8 heteroatoms. The minimum Gasteiger partial charge on any atom is -0.494 e. The van der Waals surface area contributed by atoms with E-state index in [4.69, 9.17) is 18.6 Å². The van der Waals surface area contributed by atoms with Gasteiger partial charge in [0.15, 0.2) is 17.3 Å². The van der Waals surface area contributed by atoms with Crippen LogP contribution in [0.2, 0.25) is 0 Å². The zero-order valence-corrected chi connectivity index (χ0v) is 20.3. The molecule has 5 rings (SSSR count). The molecule has 1 fully saturated rings. The maximum Gasteiger partial charge on any atom is 0.294 e. The number of anilines is 1. The Morgan fingerprint density at radius 2 is 1.78 bits per heavy atom. The van der Waals surface area contributed by atoms with E-state index in [1.54, 1.807) is 30.3 Å². The molecule has 188 valence electrons. The van der Waals surface area contributed by atoms with Crippen LogP contribution in [0.4, 0.5) is 5.69 Å². The van der Waals surface area contributed by atoms with E-state index in [2.05, 4.69) is 5.32 Å². The Balaban J connectivity index is 1.59. The summed E-state index contributed by atoms with van der Waals surface area (Å²) in [4.78, 5) is 29.2. The van der Waals surface area contributed by atoms with Gasteiger partial charge >= 0.3 is 0 Å². The van der Waals surface area contributed by atoms with Crippen molar-refractivity contribution in [1.29, 1.82) is 0 Å². The molecule has 0 radical (unpaired) electrons. The van der Waals surface area contributed by atoms with Crippen LogP contribution < -0.4 is 24.4 Å². The van der Waals surface area contributed by atoms with Crippen LogP contribution in [-0.2, 0) is 4.79 Å². The van der Waals surface area contributed by atoms with Gasteiger partial charge in [0.1, 0.15) is 25.0 Å². The molecular weight excluding hydrogens is 460 g/mol. The predicted octanol–water partition coefficient (Wildman–Crippen LogP) is 4.90. The summed E-state index contributed by atoms with van der Waals surface area (Å²) >= 11 is 0. The van der Waals surface area contributed by atoms with E-state index >= 15 is 0 Å². The van der Waals surface area contributed by atoms with Crippen molar-refractivity contribution in [3.05, 3.63) is 72.2 Å². The number of hydrogen-bond acceptors (Lipinski definition) is 6. The zero-order chi connectivity index (χ0) is 24.9. The molecule has 2 aliphatic rings. The molecule has 1 N–H and O–H groups in total. The highest BCUT2D eigenvalue weighted by Crippen LogP contribution is 2.38.